The number of carbonyl (C=O) groups excluding carboxylic acids is 2. The summed E-state index contributed by atoms with van der Waals surface area (Å²) in [5.41, 5.74) is 7.04. The second-order valence-electron chi connectivity index (χ2n) is 4.80. The van der Waals surface area contributed by atoms with Crippen molar-refractivity contribution in [2.24, 2.45) is 5.73 Å². The minimum Gasteiger partial charge on any atom is -0.352 e. The van der Waals surface area contributed by atoms with E-state index in [4.69, 9.17) is 5.73 Å². The Bertz CT molecular complexity index is 685. The Hall–Kier alpha value is -2.48. The van der Waals surface area contributed by atoms with Crippen molar-refractivity contribution < 1.29 is 9.59 Å². The number of nitrogens with one attached hydrogen (secondary N) is 2. The summed E-state index contributed by atoms with van der Waals surface area (Å²) in [5, 5.41) is 14.1. The third kappa shape index (κ3) is 4.26. The molecule has 0 bridgehead atoms. The summed E-state index contributed by atoms with van der Waals surface area (Å²) < 4.78 is 0. The summed E-state index contributed by atoms with van der Waals surface area (Å²) in [6.45, 7) is 3.72. The molecule has 7 nitrogen and oxygen atoms in total. The zero-order chi connectivity index (χ0) is 16.1. The fourth-order valence-electron chi connectivity index (χ4n) is 2.09. The average molecular weight is 319 g/mol. The SMILES string of the molecule is Cc1nnc(NC(=O)CC(NC(N)=O)c2ccccc2C)s1. The van der Waals surface area contributed by atoms with Gasteiger partial charge in [0.15, 0.2) is 0 Å². The maximum atomic E-state index is 12.1. The number of hydrogen-bond acceptors (Lipinski definition) is 5. The number of hydrogen-bond donors (Lipinski definition) is 3. The molecule has 3 amide bonds. The first kappa shape index (κ1) is 15.9. The van der Waals surface area contributed by atoms with Crippen LogP contribution >= 0.6 is 11.3 Å². The van der Waals surface area contributed by atoms with Crippen molar-refractivity contribution in [3.8, 4) is 0 Å². The van der Waals surface area contributed by atoms with Gasteiger partial charge >= 0.3 is 6.03 Å². The zero-order valence-corrected chi connectivity index (χ0v) is 13.1. The van der Waals surface area contributed by atoms with Gasteiger partial charge in [-0.05, 0) is 25.0 Å². The fraction of sp³-hybridized carbons (Fsp3) is 0.286. The van der Waals surface area contributed by atoms with E-state index < -0.39 is 12.1 Å². The van der Waals surface area contributed by atoms with E-state index in [9.17, 15) is 9.59 Å². The summed E-state index contributed by atoms with van der Waals surface area (Å²) >= 11 is 1.29. The Morgan fingerprint density at radius 1 is 1.27 bits per heavy atom. The van der Waals surface area contributed by atoms with Crippen molar-refractivity contribution in [3.05, 3.63) is 40.4 Å². The predicted octanol–water partition coefficient (Wildman–Crippen LogP) is 1.89. The molecule has 22 heavy (non-hydrogen) atoms. The smallest absolute Gasteiger partial charge is 0.312 e. The quantitative estimate of drug-likeness (QED) is 0.781. The molecule has 4 N–H and O–H groups in total. The minimum atomic E-state index is -0.673. The molecule has 0 aliphatic carbocycles. The van der Waals surface area contributed by atoms with E-state index in [1.165, 1.54) is 11.3 Å². The predicted molar refractivity (Wildman–Crippen MR) is 84.5 cm³/mol. The number of primary amides is 1. The van der Waals surface area contributed by atoms with Gasteiger partial charge in [-0.1, -0.05) is 35.6 Å². The van der Waals surface area contributed by atoms with E-state index in [1.54, 1.807) is 6.92 Å². The van der Waals surface area contributed by atoms with E-state index >= 15 is 0 Å². The molecular weight excluding hydrogens is 302 g/mol. The first-order chi connectivity index (χ1) is 10.5. The van der Waals surface area contributed by atoms with Gasteiger partial charge in [0.2, 0.25) is 11.0 Å². The van der Waals surface area contributed by atoms with Crippen molar-refractivity contribution in [2.45, 2.75) is 26.3 Å². The maximum Gasteiger partial charge on any atom is 0.312 e. The molecule has 2 aromatic rings. The van der Waals surface area contributed by atoms with Crippen LogP contribution in [0.3, 0.4) is 0 Å². The minimum absolute atomic E-state index is 0.0619. The van der Waals surface area contributed by atoms with Gasteiger partial charge in [0.05, 0.1) is 12.5 Å². The largest absolute Gasteiger partial charge is 0.352 e. The van der Waals surface area contributed by atoms with Crippen LogP contribution in [0.1, 0.15) is 28.6 Å². The Morgan fingerprint density at radius 2 is 2.00 bits per heavy atom. The molecule has 1 atom stereocenters. The van der Waals surface area contributed by atoms with Crippen LogP contribution in [0.4, 0.5) is 9.93 Å². The van der Waals surface area contributed by atoms with Gasteiger partial charge in [0.1, 0.15) is 5.01 Å². The Morgan fingerprint density at radius 3 is 2.59 bits per heavy atom. The summed E-state index contributed by atoms with van der Waals surface area (Å²) in [4.78, 5) is 23.3. The van der Waals surface area contributed by atoms with Crippen molar-refractivity contribution in [3.63, 3.8) is 0 Å². The van der Waals surface area contributed by atoms with Crippen molar-refractivity contribution >= 4 is 28.4 Å². The molecule has 1 unspecified atom stereocenters. The van der Waals surface area contributed by atoms with Crippen LogP contribution < -0.4 is 16.4 Å². The van der Waals surface area contributed by atoms with Crippen LogP contribution in [0.2, 0.25) is 0 Å². The van der Waals surface area contributed by atoms with Crippen LogP contribution in [-0.2, 0) is 4.79 Å². The van der Waals surface area contributed by atoms with Gasteiger partial charge in [-0.3, -0.25) is 4.79 Å². The third-order valence-electron chi connectivity index (χ3n) is 3.04. The molecule has 0 saturated carbocycles. The zero-order valence-electron chi connectivity index (χ0n) is 12.3. The van der Waals surface area contributed by atoms with Gasteiger partial charge in [0.25, 0.3) is 0 Å². The number of amides is 3. The normalized spacial score (nSPS) is 11.7. The average Bonchev–Trinajstić information content (AvgIpc) is 2.83. The fourth-order valence-corrected chi connectivity index (χ4v) is 2.70. The molecular formula is C14H17N5O2S. The van der Waals surface area contributed by atoms with Crippen LogP contribution in [0.5, 0.6) is 0 Å². The van der Waals surface area contributed by atoms with Crippen molar-refractivity contribution in [1.82, 2.24) is 15.5 Å². The van der Waals surface area contributed by atoms with E-state index in [0.29, 0.717) is 5.13 Å². The number of nitrogens with zero attached hydrogens (tertiary/aromatic N) is 2. The third-order valence-corrected chi connectivity index (χ3v) is 3.80. The van der Waals surface area contributed by atoms with Gasteiger partial charge in [0, 0.05) is 0 Å². The molecule has 1 heterocycles. The number of urea groups is 1. The lowest BCUT2D eigenvalue weighted by molar-refractivity contribution is -0.116. The second kappa shape index (κ2) is 6.99. The highest BCUT2D eigenvalue weighted by molar-refractivity contribution is 7.15. The Kier molecular flexibility index (Phi) is 5.05. The molecule has 0 fully saturated rings. The van der Waals surface area contributed by atoms with Crippen LogP contribution in [0.25, 0.3) is 0 Å². The number of carbonyl (C=O) groups is 2. The molecule has 116 valence electrons. The number of aromatic nitrogens is 2. The number of nitrogens with two attached hydrogens (primary N) is 1. The number of rotatable bonds is 5. The molecule has 0 aliphatic rings. The summed E-state index contributed by atoms with van der Waals surface area (Å²) in [6.07, 6.45) is 0.0619. The standard InChI is InChI=1S/C14H17N5O2S/c1-8-5-3-4-6-10(8)11(16-13(15)21)7-12(20)17-14-19-18-9(2)22-14/h3-6,11H,7H2,1-2H3,(H3,15,16,21)(H,17,19,20). The van der Waals surface area contributed by atoms with E-state index in [0.717, 1.165) is 16.1 Å². The van der Waals surface area contributed by atoms with Gasteiger partial charge in [-0.2, -0.15) is 0 Å². The number of anilines is 1. The van der Waals surface area contributed by atoms with E-state index in [2.05, 4.69) is 20.8 Å². The molecule has 0 aliphatic heterocycles. The Labute approximate surface area is 131 Å². The molecule has 1 aromatic carbocycles. The number of benzene rings is 1. The summed E-state index contributed by atoms with van der Waals surface area (Å²) in [5.74, 6) is -0.266. The van der Waals surface area contributed by atoms with E-state index in [1.807, 2.05) is 31.2 Å². The highest BCUT2D eigenvalue weighted by Gasteiger charge is 2.19. The maximum absolute atomic E-state index is 12.1. The topological polar surface area (TPSA) is 110 Å². The van der Waals surface area contributed by atoms with Gasteiger partial charge in [-0.25, -0.2) is 4.79 Å². The van der Waals surface area contributed by atoms with Gasteiger partial charge < -0.3 is 16.4 Å². The first-order valence-corrected chi connectivity index (χ1v) is 7.49. The molecule has 8 heteroatoms. The summed E-state index contributed by atoms with van der Waals surface area (Å²) in [7, 11) is 0. The molecule has 0 radical (unpaired) electrons. The highest BCUT2D eigenvalue weighted by Crippen LogP contribution is 2.22. The van der Waals surface area contributed by atoms with Crippen LogP contribution in [0.15, 0.2) is 24.3 Å². The van der Waals surface area contributed by atoms with Gasteiger partial charge in [-0.15, -0.1) is 10.2 Å². The lowest BCUT2D eigenvalue weighted by atomic mass is 9.98. The van der Waals surface area contributed by atoms with E-state index in [-0.39, 0.29) is 12.3 Å². The Balaban J connectivity index is 2.11. The highest BCUT2D eigenvalue weighted by atomic mass is 32.1. The first-order valence-electron chi connectivity index (χ1n) is 6.67. The van der Waals surface area contributed by atoms with Crippen molar-refractivity contribution in [2.75, 3.05) is 5.32 Å². The lowest BCUT2D eigenvalue weighted by Gasteiger charge is -2.19. The van der Waals surface area contributed by atoms with Crippen molar-refractivity contribution in [1.29, 1.82) is 0 Å². The monoisotopic (exact) mass is 319 g/mol. The van der Waals surface area contributed by atoms with Crippen LogP contribution in [0, 0.1) is 13.8 Å². The molecule has 0 spiro atoms. The lowest BCUT2D eigenvalue weighted by Crippen LogP contribution is -2.35. The summed E-state index contributed by atoms with van der Waals surface area (Å²) in [6, 6.07) is 6.35. The second-order valence-corrected chi connectivity index (χ2v) is 5.98. The van der Waals surface area contributed by atoms with Crippen LogP contribution in [-0.4, -0.2) is 22.1 Å². The molecule has 1 aromatic heterocycles. The molecule has 0 saturated heterocycles. The molecule has 2 rings (SSSR count). The number of aryl methyl sites for hydroxylation is 2.